The van der Waals surface area contributed by atoms with E-state index < -0.39 is 12.1 Å². The lowest BCUT2D eigenvalue weighted by Crippen LogP contribution is -2.17. The van der Waals surface area contributed by atoms with Crippen LogP contribution < -0.4 is 0 Å². The molecule has 0 amide bonds. The Morgan fingerprint density at radius 1 is 0.789 bits per heavy atom. The molecule has 0 spiro atoms. The van der Waals surface area contributed by atoms with E-state index in [0.717, 1.165) is 5.56 Å². The molecule has 1 unspecified atom stereocenters. The summed E-state index contributed by atoms with van der Waals surface area (Å²) in [5.74, 6) is -1.50. The number of alkyl halides is 3. The third-order valence-corrected chi connectivity index (χ3v) is 3.36. The van der Waals surface area contributed by atoms with Gasteiger partial charge in [-0.3, -0.25) is 0 Å². The Bertz CT molecular complexity index is 624. The Morgan fingerprint density at radius 3 is 2.11 bits per heavy atom. The maximum absolute atomic E-state index is 13.1. The second-order valence-corrected chi connectivity index (χ2v) is 4.55. The van der Waals surface area contributed by atoms with Gasteiger partial charge in [0.1, 0.15) is 0 Å². The smallest absolute Gasteiger partial charge is 0.170 e. The molecule has 0 aliphatic heterocycles. The zero-order chi connectivity index (χ0) is 13.5. The van der Waals surface area contributed by atoms with Gasteiger partial charge in [0, 0.05) is 0 Å². The van der Waals surface area contributed by atoms with Crippen LogP contribution in [0.25, 0.3) is 5.57 Å². The summed E-state index contributed by atoms with van der Waals surface area (Å²) in [6.07, 6.45) is -2.92. The van der Waals surface area contributed by atoms with Crippen LogP contribution in [-0.4, -0.2) is 6.18 Å². The van der Waals surface area contributed by atoms with Crippen LogP contribution in [0.1, 0.15) is 22.6 Å². The van der Waals surface area contributed by atoms with Crippen molar-refractivity contribution in [2.24, 2.45) is 0 Å². The third kappa shape index (κ3) is 2.05. The van der Waals surface area contributed by atoms with Gasteiger partial charge in [-0.15, -0.1) is 0 Å². The predicted octanol–water partition coefficient (Wildman–Crippen LogP) is 4.78. The first-order valence-corrected chi connectivity index (χ1v) is 6.00. The first-order chi connectivity index (χ1) is 9.07. The molecular weight excluding hydrogens is 249 g/mol. The zero-order valence-electron chi connectivity index (χ0n) is 9.98. The van der Waals surface area contributed by atoms with Crippen molar-refractivity contribution in [2.45, 2.75) is 12.1 Å². The second kappa shape index (κ2) is 4.26. The minimum atomic E-state index is -4.24. The molecule has 1 atom stereocenters. The van der Waals surface area contributed by atoms with E-state index in [2.05, 4.69) is 0 Å². The van der Waals surface area contributed by atoms with Crippen molar-refractivity contribution in [1.29, 1.82) is 0 Å². The number of hydrogen-bond acceptors (Lipinski definition) is 0. The lowest BCUT2D eigenvalue weighted by atomic mass is 9.98. The highest BCUT2D eigenvalue weighted by molar-refractivity contribution is 5.85. The molecule has 1 aliphatic carbocycles. The Kier molecular flexibility index (Phi) is 2.70. The molecule has 19 heavy (non-hydrogen) atoms. The summed E-state index contributed by atoms with van der Waals surface area (Å²) in [5, 5.41) is 0. The lowest BCUT2D eigenvalue weighted by Gasteiger charge is -2.14. The van der Waals surface area contributed by atoms with Crippen molar-refractivity contribution in [1.82, 2.24) is 0 Å². The first-order valence-electron chi connectivity index (χ1n) is 6.00. The Labute approximate surface area is 109 Å². The summed E-state index contributed by atoms with van der Waals surface area (Å²) >= 11 is 0. The van der Waals surface area contributed by atoms with E-state index in [1.54, 1.807) is 24.3 Å². The van der Waals surface area contributed by atoms with Crippen LogP contribution in [0, 0.1) is 0 Å². The molecule has 0 heterocycles. The van der Waals surface area contributed by atoms with Crippen LogP contribution in [0.2, 0.25) is 0 Å². The Hall–Kier alpha value is -2.03. The van der Waals surface area contributed by atoms with E-state index >= 15 is 0 Å². The van der Waals surface area contributed by atoms with Crippen molar-refractivity contribution in [3.05, 3.63) is 77.4 Å². The molecule has 3 rings (SSSR count). The van der Waals surface area contributed by atoms with Crippen LogP contribution in [-0.2, 0) is 0 Å². The second-order valence-electron chi connectivity index (χ2n) is 4.55. The normalized spacial score (nSPS) is 18.1. The van der Waals surface area contributed by atoms with Crippen molar-refractivity contribution in [2.75, 3.05) is 0 Å². The third-order valence-electron chi connectivity index (χ3n) is 3.36. The van der Waals surface area contributed by atoms with Gasteiger partial charge in [-0.05, 0) is 22.3 Å². The van der Waals surface area contributed by atoms with Gasteiger partial charge in [0.05, 0.1) is 5.92 Å². The van der Waals surface area contributed by atoms with Crippen LogP contribution in [0.5, 0.6) is 0 Å². The van der Waals surface area contributed by atoms with Crippen LogP contribution in [0.3, 0.4) is 0 Å². The van der Waals surface area contributed by atoms with E-state index in [1.807, 2.05) is 30.3 Å². The molecule has 0 aromatic heterocycles. The lowest BCUT2D eigenvalue weighted by molar-refractivity contribution is -0.139. The fraction of sp³-hybridized carbons (Fsp3) is 0.125. The highest BCUT2D eigenvalue weighted by atomic mass is 19.4. The standard InChI is InChI=1S/C16H11F3/c17-16(18,19)15-10-14(11-6-2-1-3-7-11)12-8-4-5-9-13(12)15/h1-10,15H. The molecule has 0 nitrogen and oxygen atoms in total. The number of rotatable bonds is 1. The van der Waals surface area contributed by atoms with Crippen molar-refractivity contribution < 1.29 is 13.2 Å². The Balaban J connectivity index is 2.16. The number of benzene rings is 2. The van der Waals surface area contributed by atoms with E-state index in [-0.39, 0.29) is 0 Å². The summed E-state index contributed by atoms with van der Waals surface area (Å²) in [7, 11) is 0. The fourth-order valence-corrected chi connectivity index (χ4v) is 2.50. The summed E-state index contributed by atoms with van der Waals surface area (Å²) in [4.78, 5) is 0. The minimum Gasteiger partial charge on any atom is -0.170 e. The van der Waals surface area contributed by atoms with Crippen LogP contribution >= 0.6 is 0 Å². The van der Waals surface area contributed by atoms with Crippen molar-refractivity contribution in [3.63, 3.8) is 0 Å². The number of hydrogen-bond donors (Lipinski definition) is 0. The molecule has 2 aromatic rings. The van der Waals surface area contributed by atoms with Gasteiger partial charge < -0.3 is 0 Å². The summed E-state index contributed by atoms with van der Waals surface area (Å²) < 4.78 is 39.3. The fourth-order valence-electron chi connectivity index (χ4n) is 2.50. The van der Waals surface area contributed by atoms with E-state index in [1.165, 1.54) is 6.08 Å². The maximum atomic E-state index is 13.1. The Morgan fingerprint density at radius 2 is 1.42 bits per heavy atom. The molecule has 0 fully saturated rings. The van der Waals surface area contributed by atoms with Gasteiger partial charge in [0.25, 0.3) is 0 Å². The number of halogens is 3. The molecule has 0 radical (unpaired) electrons. The van der Waals surface area contributed by atoms with Gasteiger partial charge in [-0.2, -0.15) is 13.2 Å². The number of allylic oxidation sites excluding steroid dienone is 1. The maximum Gasteiger partial charge on any atom is 0.399 e. The van der Waals surface area contributed by atoms with Crippen LogP contribution in [0.15, 0.2) is 60.7 Å². The SMILES string of the molecule is FC(F)(F)C1C=C(c2ccccc2)c2ccccc21. The number of fused-ring (bicyclic) bond motifs is 1. The summed E-state index contributed by atoms with van der Waals surface area (Å²) in [5.41, 5.74) is 2.50. The topological polar surface area (TPSA) is 0 Å². The van der Waals surface area contributed by atoms with Gasteiger partial charge >= 0.3 is 6.18 Å². The molecule has 0 saturated heterocycles. The van der Waals surface area contributed by atoms with Gasteiger partial charge in [0.2, 0.25) is 0 Å². The molecule has 0 N–H and O–H groups in total. The highest BCUT2D eigenvalue weighted by Gasteiger charge is 2.43. The molecule has 2 aromatic carbocycles. The largest absolute Gasteiger partial charge is 0.399 e. The molecule has 1 aliphatic rings. The van der Waals surface area contributed by atoms with E-state index in [0.29, 0.717) is 16.7 Å². The van der Waals surface area contributed by atoms with Crippen molar-refractivity contribution >= 4 is 5.57 Å². The highest BCUT2D eigenvalue weighted by Crippen LogP contribution is 2.46. The molecular formula is C16H11F3. The minimum absolute atomic E-state index is 0.342. The van der Waals surface area contributed by atoms with E-state index in [4.69, 9.17) is 0 Å². The van der Waals surface area contributed by atoms with Crippen molar-refractivity contribution in [3.8, 4) is 0 Å². The average Bonchev–Trinajstić information content (AvgIpc) is 2.79. The zero-order valence-corrected chi connectivity index (χ0v) is 9.98. The van der Waals surface area contributed by atoms with E-state index in [9.17, 15) is 13.2 Å². The van der Waals surface area contributed by atoms with Gasteiger partial charge in [0.15, 0.2) is 0 Å². The summed E-state index contributed by atoms with van der Waals surface area (Å²) in [6.45, 7) is 0. The molecule has 3 heteroatoms. The molecule has 0 saturated carbocycles. The molecule has 0 bridgehead atoms. The predicted molar refractivity (Wildman–Crippen MR) is 68.8 cm³/mol. The average molecular weight is 260 g/mol. The van der Waals surface area contributed by atoms with Gasteiger partial charge in [-0.1, -0.05) is 60.7 Å². The monoisotopic (exact) mass is 260 g/mol. The van der Waals surface area contributed by atoms with Crippen LogP contribution in [0.4, 0.5) is 13.2 Å². The van der Waals surface area contributed by atoms with Gasteiger partial charge in [-0.25, -0.2) is 0 Å². The first kappa shape index (κ1) is 12.0. The summed E-state index contributed by atoms with van der Waals surface area (Å²) in [6, 6.07) is 15.9. The quantitative estimate of drug-likeness (QED) is 0.692. The molecule has 96 valence electrons.